The van der Waals surface area contributed by atoms with Gasteiger partial charge in [-0.25, -0.2) is 0 Å². The number of hydrogen-bond acceptors (Lipinski definition) is 3. The Labute approximate surface area is 120 Å². The molecule has 0 aromatic heterocycles. The first kappa shape index (κ1) is 15.0. The second-order valence-electron chi connectivity index (χ2n) is 5.57. The standard InChI is InChI=1S/C16H24N2O2/c1-12(2)14-5-3-13(4-6-14)10-18-16(19)9-15-11-17-7-8-20-15/h3-6,12,15,17H,7-11H2,1-2H3,(H,18,19). The summed E-state index contributed by atoms with van der Waals surface area (Å²) in [5.74, 6) is 0.584. The van der Waals surface area contributed by atoms with Crippen molar-refractivity contribution in [2.24, 2.45) is 0 Å². The molecule has 4 nitrogen and oxygen atoms in total. The Kier molecular flexibility index (Phi) is 5.56. The summed E-state index contributed by atoms with van der Waals surface area (Å²) in [4.78, 5) is 11.8. The van der Waals surface area contributed by atoms with Gasteiger partial charge in [-0.3, -0.25) is 4.79 Å². The van der Waals surface area contributed by atoms with Crippen LogP contribution in [0.4, 0.5) is 0 Å². The van der Waals surface area contributed by atoms with Gasteiger partial charge in [0.15, 0.2) is 0 Å². The van der Waals surface area contributed by atoms with Crippen molar-refractivity contribution in [3.63, 3.8) is 0 Å². The molecule has 1 aromatic rings. The topological polar surface area (TPSA) is 50.4 Å². The van der Waals surface area contributed by atoms with Gasteiger partial charge in [-0.15, -0.1) is 0 Å². The number of carbonyl (C=O) groups is 1. The molecule has 0 bridgehead atoms. The highest BCUT2D eigenvalue weighted by molar-refractivity contribution is 5.76. The van der Waals surface area contributed by atoms with Gasteiger partial charge in [0.05, 0.1) is 19.1 Å². The molecule has 1 heterocycles. The molecule has 1 atom stereocenters. The SMILES string of the molecule is CC(C)c1ccc(CNC(=O)CC2CNCCO2)cc1. The van der Waals surface area contributed by atoms with E-state index in [0.717, 1.165) is 18.7 Å². The highest BCUT2D eigenvalue weighted by Crippen LogP contribution is 2.14. The first-order valence-electron chi connectivity index (χ1n) is 7.33. The van der Waals surface area contributed by atoms with E-state index in [0.29, 0.717) is 25.5 Å². The van der Waals surface area contributed by atoms with Crippen LogP contribution in [0.2, 0.25) is 0 Å². The maximum atomic E-state index is 11.8. The van der Waals surface area contributed by atoms with Crippen LogP contribution in [0.25, 0.3) is 0 Å². The average molecular weight is 276 g/mol. The smallest absolute Gasteiger partial charge is 0.222 e. The van der Waals surface area contributed by atoms with Gasteiger partial charge in [0, 0.05) is 19.6 Å². The molecule has 1 unspecified atom stereocenters. The van der Waals surface area contributed by atoms with Crippen LogP contribution < -0.4 is 10.6 Å². The minimum absolute atomic E-state index is 0.00654. The van der Waals surface area contributed by atoms with E-state index in [1.54, 1.807) is 0 Å². The fourth-order valence-corrected chi connectivity index (χ4v) is 2.25. The number of amides is 1. The number of rotatable bonds is 5. The number of morpholine rings is 1. The lowest BCUT2D eigenvalue weighted by molar-refractivity contribution is -0.124. The van der Waals surface area contributed by atoms with Gasteiger partial charge in [-0.1, -0.05) is 38.1 Å². The third kappa shape index (κ3) is 4.62. The van der Waals surface area contributed by atoms with E-state index in [1.807, 2.05) is 0 Å². The summed E-state index contributed by atoms with van der Waals surface area (Å²) in [6, 6.07) is 8.41. The van der Waals surface area contributed by atoms with Crippen LogP contribution in [-0.2, 0) is 16.1 Å². The van der Waals surface area contributed by atoms with Crippen LogP contribution in [0.15, 0.2) is 24.3 Å². The summed E-state index contributed by atoms with van der Waals surface area (Å²) in [7, 11) is 0. The van der Waals surface area contributed by atoms with Crippen LogP contribution in [0.1, 0.15) is 37.3 Å². The number of nitrogens with one attached hydrogen (secondary N) is 2. The summed E-state index contributed by atoms with van der Waals surface area (Å²) in [5.41, 5.74) is 2.45. The van der Waals surface area contributed by atoms with Crippen molar-refractivity contribution >= 4 is 5.91 Å². The predicted octanol–water partition coefficient (Wildman–Crippen LogP) is 1.80. The minimum atomic E-state index is 0.00654. The zero-order valence-electron chi connectivity index (χ0n) is 12.3. The van der Waals surface area contributed by atoms with Gasteiger partial charge >= 0.3 is 0 Å². The van der Waals surface area contributed by atoms with Crippen molar-refractivity contribution < 1.29 is 9.53 Å². The van der Waals surface area contributed by atoms with Crippen molar-refractivity contribution in [3.05, 3.63) is 35.4 Å². The molecule has 0 spiro atoms. The zero-order chi connectivity index (χ0) is 14.4. The van der Waals surface area contributed by atoms with Crippen LogP contribution in [0.3, 0.4) is 0 Å². The van der Waals surface area contributed by atoms with Crippen LogP contribution in [-0.4, -0.2) is 31.7 Å². The first-order valence-corrected chi connectivity index (χ1v) is 7.33. The van der Waals surface area contributed by atoms with Gasteiger partial charge in [0.25, 0.3) is 0 Å². The summed E-state index contributed by atoms with van der Waals surface area (Å²) in [6.07, 6.45) is 0.434. The molecule has 2 N–H and O–H groups in total. The Bertz CT molecular complexity index is 423. The van der Waals surface area contributed by atoms with Gasteiger partial charge in [-0.05, 0) is 17.0 Å². The molecule has 1 aliphatic rings. The van der Waals surface area contributed by atoms with E-state index in [2.05, 4.69) is 48.7 Å². The Morgan fingerprint density at radius 3 is 2.75 bits per heavy atom. The molecule has 1 aliphatic heterocycles. The summed E-state index contributed by atoms with van der Waals surface area (Å²) in [6.45, 7) is 7.26. The molecule has 0 radical (unpaired) electrons. The lowest BCUT2D eigenvalue weighted by Gasteiger charge is -2.23. The molecule has 1 fully saturated rings. The van der Waals surface area contributed by atoms with E-state index in [9.17, 15) is 4.79 Å². The minimum Gasteiger partial charge on any atom is -0.375 e. The molecule has 2 rings (SSSR count). The monoisotopic (exact) mass is 276 g/mol. The van der Waals surface area contributed by atoms with Gasteiger partial charge in [0.1, 0.15) is 0 Å². The fourth-order valence-electron chi connectivity index (χ4n) is 2.25. The van der Waals surface area contributed by atoms with Crippen LogP contribution in [0.5, 0.6) is 0 Å². The molecule has 4 heteroatoms. The number of hydrogen-bond donors (Lipinski definition) is 2. The second kappa shape index (κ2) is 7.41. The third-order valence-corrected chi connectivity index (χ3v) is 3.55. The average Bonchev–Trinajstić information content (AvgIpc) is 2.46. The second-order valence-corrected chi connectivity index (χ2v) is 5.57. The highest BCUT2D eigenvalue weighted by atomic mass is 16.5. The van der Waals surface area contributed by atoms with Crippen molar-refractivity contribution in [3.8, 4) is 0 Å². The van der Waals surface area contributed by atoms with Crippen LogP contribution >= 0.6 is 0 Å². The Balaban J connectivity index is 1.74. The van der Waals surface area contributed by atoms with Crippen molar-refractivity contribution in [1.29, 1.82) is 0 Å². The maximum Gasteiger partial charge on any atom is 0.222 e. The molecule has 1 aromatic carbocycles. The maximum absolute atomic E-state index is 11.8. The van der Waals surface area contributed by atoms with E-state index in [1.165, 1.54) is 5.56 Å². The van der Waals surface area contributed by atoms with Gasteiger partial charge in [0.2, 0.25) is 5.91 Å². The first-order chi connectivity index (χ1) is 9.65. The number of ether oxygens (including phenoxy) is 1. The molecule has 1 saturated heterocycles. The molecule has 0 saturated carbocycles. The van der Waals surface area contributed by atoms with Crippen LogP contribution in [0, 0.1) is 0 Å². The van der Waals surface area contributed by atoms with E-state index in [4.69, 9.17) is 4.74 Å². The molecular formula is C16H24N2O2. The van der Waals surface area contributed by atoms with E-state index in [-0.39, 0.29) is 12.0 Å². The van der Waals surface area contributed by atoms with Crippen molar-refractivity contribution in [2.75, 3.05) is 19.7 Å². The molecule has 0 aliphatic carbocycles. The van der Waals surface area contributed by atoms with E-state index >= 15 is 0 Å². The highest BCUT2D eigenvalue weighted by Gasteiger charge is 2.16. The molecular weight excluding hydrogens is 252 g/mol. The predicted molar refractivity (Wildman–Crippen MR) is 79.6 cm³/mol. The largest absolute Gasteiger partial charge is 0.375 e. The normalized spacial score (nSPS) is 19.1. The van der Waals surface area contributed by atoms with Crippen molar-refractivity contribution in [1.82, 2.24) is 10.6 Å². The summed E-state index contributed by atoms with van der Waals surface area (Å²) >= 11 is 0. The zero-order valence-corrected chi connectivity index (χ0v) is 12.3. The Morgan fingerprint density at radius 1 is 1.40 bits per heavy atom. The molecule has 1 amide bonds. The third-order valence-electron chi connectivity index (χ3n) is 3.55. The van der Waals surface area contributed by atoms with E-state index < -0.39 is 0 Å². The Morgan fingerprint density at radius 2 is 2.15 bits per heavy atom. The summed E-state index contributed by atoms with van der Waals surface area (Å²) in [5, 5.41) is 6.17. The molecule has 110 valence electrons. The number of carbonyl (C=O) groups excluding carboxylic acids is 1. The van der Waals surface area contributed by atoms with Gasteiger partial charge < -0.3 is 15.4 Å². The lowest BCUT2D eigenvalue weighted by atomic mass is 10.0. The quantitative estimate of drug-likeness (QED) is 0.862. The summed E-state index contributed by atoms with van der Waals surface area (Å²) < 4.78 is 5.52. The Hall–Kier alpha value is -1.39. The van der Waals surface area contributed by atoms with Gasteiger partial charge in [-0.2, -0.15) is 0 Å². The lowest BCUT2D eigenvalue weighted by Crippen LogP contribution is -2.41. The fraction of sp³-hybridized carbons (Fsp3) is 0.562. The number of benzene rings is 1. The van der Waals surface area contributed by atoms with Crippen molar-refractivity contribution in [2.45, 2.75) is 38.8 Å². The molecule has 20 heavy (non-hydrogen) atoms.